The molecule has 2 rings (SSSR count). The second-order valence-electron chi connectivity index (χ2n) is 5.16. The molecule has 2 N–H and O–H groups in total. The van der Waals surface area contributed by atoms with Gasteiger partial charge in [0, 0.05) is 22.9 Å². The van der Waals surface area contributed by atoms with Crippen molar-refractivity contribution in [3.8, 4) is 5.75 Å². The maximum Gasteiger partial charge on any atom is 0.310 e. The molecule has 1 saturated carbocycles. The number of phenolic OH excluding ortho intramolecular Hbond substituents is 1. The van der Waals surface area contributed by atoms with Crippen molar-refractivity contribution >= 4 is 23.4 Å². The predicted molar refractivity (Wildman–Crippen MR) is 81.8 cm³/mol. The Hall–Kier alpha value is -1.76. The van der Waals surface area contributed by atoms with Gasteiger partial charge in [0.25, 0.3) is 5.91 Å². The number of nitrogens with one attached hydrogen (secondary N) is 1. The largest absolute Gasteiger partial charge is 0.502 e. The summed E-state index contributed by atoms with van der Waals surface area (Å²) in [6.45, 7) is 0. The van der Waals surface area contributed by atoms with E-state index in [1.807, 2.05) is 11.8 Å². The molecule has 114 valence electrons. The maximum absolute atomic E-state index is 12.1. The van der Waals surface area contributed by atoms with Crippen LogP contribution in [0.4, 0.5) is 5.69 Å². The summed E-state index contributed by atoms with van der Waals surface area (Å²) in [5.74, 6) is -0.787. The van der Waals surface area contributed by atoms with E-state index in [9.17, 15) is 20.0 Å². The van der Waals surface area contributed by atoms with Gasteiger partial charge in [-0.15, -0.1) is 0 Å². The van der Waals surface area contributed by atoms with Crippen LogP contribution in [0.15, 0.2) is 18.2 Å². The summed E-state index contributed by atoms with van der Waals surface area (Å²) in [4.78, 5) is 22.1. The van der Waals surface area contributed by atoms with Gasteiger partial charge in [-0.1, -0.05) is 6.42 Å². The Morgan fingerprint density at radius 2 is 2.24 bits per heavy atom. The van der Waals surface area contributed by atoms with Crippen LogP contribution >= 0.6 is 11.8 Å². The molecule has 1 fully saturated rings. The molecule has 7 heteroatoms. The number of hydrogen-bond acceptors (Lipinski definition) is 5. The van der Waals surface area contributed by atoms with Crippen LogP contribution in [-0.4, -0.2) is 33.5 Å². The van der Waals surface area contributed by atoms with Crippen molar-refractivity contribution in [2.45, 2.75) is 37.0 Å². The smallest absolute Gasteiger partial charge is 0.310 e. The fourth-order valence-electron chi connectivity index (χ4n) is 2.58. The Bertz CT molecular complexity index is 550. The first-order valence-electron chi connectivity index (χ1n) is 6.82. The first-order valence-corrected chi connectivity index (χ1v) is 8.11. The lowest BCUT2D eigenvalue weighted by molar-refractivity contribution is -0.385. The van der Waals surface area contributed by atoms with Gasteiger partial charge >= 0.3 is 5.69 Å². The van der Waals surface area contributed by atoms with Crippen LogP contribution in [0.25, 0.3) is 0 Å². The summed E-state index contributed by atoms with van der Waals surface area (Å²) in [6, 6.07) is 3.78. The minimum Gasteiger partial charge on any atom is -0.502 e. The van der Waals surface area contributed by atoms with Crippen molar-refractivity contribution in [3.63, 3.8) is 0 Å². The molecule has 0 saturated heterocycles. The van der Waals surface area contributed by atoms with Crippen LogP contribution in [-0.2, 0) is 0 Å². The molecule has 21 heavy (non-hydrogen) atoms. The fourth-order valence-corrected chi connectivity index (χ4v) is 3.41. The third-order valence-electron chi connectivity index (χ3n) is 3.73. The van der Waals surface area contributed by atoms with Gasteiger partial charge in [-0.3, -0.25) is 14.9 Å². The molecule has 0 aromatic heterocycles. The number of carbonyl (C=O) groups is 1. The molecule has 0 unspecified atom stereocenters. The molecule has 1 aromatic carbocycles. The highest BCUT2D eigenvalue weighted by Gasteiger charge is 2.23. The molecule has 0 bridgehead atoms. The minimum absolute atomic E-state index is 0.126. The molecule has 0 spiro atoms. The number of benzene rings is 1. The first kappa shape index (κ1) is 15.6. The Kier molecular flexibility index (Phi) is 5.06. The number of hydrogen-bond donors (Lipinski definition) is 2. The molecule has 6 nitrogen and oxygen atoms in total. The lowest BCUT2D eigenvalue weighted by Crippen LogP contribution is -2.39. The van der Waals surface area contributed by atoms with Gasteiger partial charge in [0.1, 0.15) is 0 Å². The zero-order valence-corrected chi connectivity index (χ0v) is 12.6. The van der Waals surface area contributed by atoms with Crippen LogP contribution in [0.3, 0.4) is 0 Å². The minimum atomic E-state index is -0.679. The monoisotopic (exact) mass is 310 g/mol. The highest BCUT2D eigenvalue weighted by atomic mass is 32.2. The van der Waals surface area contributed by atoms with Gasteiger partial charge in [0.05, 0.1) is 4.92 Å². The van der Waals surface area contributed by atoms with E-state index in [0.29, 0.717) is 5.25 Å². The van der Waals surface area contributed by atoms with Gasteiger partial charge in [-0.25, -0.2) is 0 Å². The van der Waals surface area contributed by atoms with Crippen LogP contribution < -0.4 is 5.32 Å². The van der Waals surface area contributed by atoms with Gasteiger partial charge in [-0.05, 0) is 37.7 Å². The number of nitro benzene ring substituents is 1. The highest BCUT2D eigenvalue weighted by molar-refractivity contribution is 7.99. The molecular weight excluding hydrogens is 292 g/mol. The normalized spacial score (nSPS) is 21.8. The van der Waals surface area contributed by atoms with E-state index in [4.69, 9.17) is 0 Å². The van der Waals surface area contributed by atoms with Gasteiger partial charge in [0.2, 0.25) is 0 Å². The number of phenols is 1. The van der Waals surface area contributed by atoms with Crippen LogP contribution in [0.5, 0.6) is 5.75 Å². The molecule has 1 aliphatic carbocycles. The summed E-state index contributed by atoms with van der Waals surface area (Å²) in [6.07, 6.45) is 6.21. The van der Waals surface area contributed by atoms with Crippen molar-refractivity contribution in [3.05, 3.63) is 33.9 Å². The van der Waals surface area contributed by atoms with Gasteiger partial charge in [0.15, 0.2) is 5.75 Å². The number of amides is 1. The SMILES string of the molecule is CS[C@@H]1CCC[C@@H](NC(=O)c2ccc([N+](=O)[O-])c(O)c2)C1. The van der Waals surface area contributed by atoms with Crippen LogP contribution in [0.1, 0.15) is 36.0 Å². The van der Waals surface area contributed by atoms with Crippen molar-refractivity contribution < 1.29 is 14.8 Å². The molecule has 1 aromatic rings. The maximum atomic E-state index is 12.1. The standard InChI is InChI=1S/C14H18N2O4S/c1-21-11-4-2-3-10(8-11)15-14(18)9-5-6-12(16(19)20)13(17)7-9/h5-7,10-11,17H,2-4,8H2,1H3,(H,15,18)/t10-,11-/m1/s1. The third-order valence-corrected chi connectivity index (χ3v) is 4.82. The zero-order chi connectivity index (χ0) is 15.4. The van der Waals surface area contributed by atoms with Crippen molar-refractivity contribution in [1.29, 1.82) is 0 Å². The average molecular weight is 310 g/mol. The van der Waals surface area contributed by atoms with Crippen LogP contribution in [0, 0.1) is 10.1 Å². The summed E-state index contributed by atoms with van der Waals surface area (Å²) in [5, 5.41) is 23.7. The number of thioether (sulfide) groups is 1. The Balaban J connectivity index is 2.03. The summed E-state index contributed by atoms with van der Waals surface area (Å²) < 4.78 is 0. The second-order valence-corrected chi connectivity index (χ2v) is 6.29. The van der Waals surface area contributed by atoms with Gasteiger partial charge in [-0.2, -0.15) is 11.8 Å². The highest BCUT2D eigenvalue weighted by Crippen LogP contribution is 2.28. The lowest BCUT2D eigenvalue weighted by Gasteiger charge is -2.28. The Labute approximate surface area is 127 Å². The number of aromatic hydroxyl groups is 1. The van der Waals surface area contributed by atoms with E-state index < -0.39 is 16.4 Å². The van der Waals surface area contributed by atoms with Crippen molar-refractivity contribution in [1.82, 2.24) is 5.32 Å². The van der Waals surface area contributed by atoms with Crippen molar-refractivity contribution in [2.24, 2.45) is 0 Å². The molecular formula is C14H18N2O4S. The molecule has 0 aliphatic heterocycles. The van der Waals surface area contributed by atoms with E-state index in [-0.39, 0.29) is 17.5 Å². The average Bonchev–Trinajstić information content (AvgIpc) is 2.46. The number of nitrogens with zero attached hydrogens (tertiary/aromatic N) is 1. The molecule has 1 amide bonds. The molecule has 0 heterocycles. The summed E-state index contributed by atoms with van der Waals surface area (Å²) in [5.41, 5.74) is -0.156. The summed E-state index contributed by atoms with van der Waals surface area (Å²) >= 11 is 1.81. The molecule has 1 aliphatic rings. The Morgan fingerprint density at radius 1 is 1.48 bits per heavy atom. The third kappa shape index (κ3) is 3.87. The van der Waals surface area contributed by atoms with E-state index >= 15 is 0 Å². The van der Waals surface area contributed by atoms with E-state index in [0.717, 1.165) is 31.4 Å². The first-order chi connectivity index (χ1) is 10.0. The Morgan fingerprint density at radius 3 is 2.86 bits per heavy atom. The quantitative estimate of drug-likeness (QED) is 0.659. The molecule has 2 atom stereocenters. The van der Waals surface area contributed by atoms with E-state index in [2.05, 4.69) is 11.6 Å². The number of nitro groups is 1. The predicted octanol–water partition coefficient (Wildman–Crippen LogP) is 2.70. The topological polar surface area (TPSA) is 92.5 Å². The van der Waals surface area contributed by atoms with E-state index in [1.54, 1.807) is 0 Å². The lowest BCUT2D eigenvalue weighted by atomic mass is 9.94. The number of rotatable bonds is 4. The van der Waals surface area contributed by atoms with E-state index in [1.165, 1.54) is 12.5 Å². The fraction of sp³-hybridized carbons (Fsp3) is 0.500. The van der Waals surface area contributed by atoms with Gasteiger partial charge < -0.3 is 10.4 Å². The number of carbonyl (C=O) groups excluding carboxylic acids is 1. The molecule has 0 radical (unpaired) electrons. The summed E-state index contributed by atoms with van der Waals surface area (Å²) in [7, 11) is 0. The van der Waals surface area contributed by atoms with Crippen molar-refractivity contribution in [2.75, 3.05) is 6.26 Å². The van der Waals surface area contributed by atoms with Crippen LogP contribution in [0.2, 0.25) is 0 Å². The second kappa shape index (κ2) is 6.80. The zero-order valence-electron chi connectivity index (χ0n) is 11.7.